The van der Waals surface area contributed by atoms with Gasteiger partial charge in [-0.2, -0.15) is 0 Å². The smallest absolute Gasteiger partial charge is 0.306 e. The Morgan fingerprint density at radius 3 is 1.43 bits per heavy atom. The van der Waals surface area contributed by atoms with Crippen molar-refractivity contribution in [2.75, 3.05) is 6.61 Å². The number of carbonyl (C=O) groups excluding carboxylic acids is 2. The second kappa shape index (κ2) is 47.4. The van der Waals surface area contributed by atoms with Crippen LogP contribution in [0.5, 0.6) is 0 Å². The molecule has 1 amide bonds. The molecule has 0 aromatic carbocycles. The lowest BCUT2D eigenvalue weighted by Gasteiger charge is -2.24. The number of allylic oxidation sites excluding steroid dienone is 12. The molecule has 3 unspecified atom stereocenters. The molecule has 3 N–H and O–H groups in total. The largest absolute Gasteiger partial charge is 0.462 e. The summed E-state index contributed by atoms with van der Waals surface area (Å²) < 4.78 is 5.90. The third kappa shape index (κ3) is 42.0. The zero-order valence-corrected chi connectivity index (χ0v) is 39.3. The summed E-state index contributed by atoms with van der Waals surface area (Å²) in [6, 6.07) is -0.715. The molecule has 0 aromatic rings. The minimum atomic E-state index is -0.799. The van der Waals surface area contributed by atoms with Crippen LogP contribution in [0, 0.1) is 0 Å². The molecule has 0 aliphatic heterocycles. The molecule has 0 saturated heterocycles. The summed E-state index contributed by atoms with van der Waals surface area (Å²) in [6.07, 6.45) is 59.5. The number of hydrogen-bond acceptors (Lipinski definition) is 5. The lowest BCUT2D eigenvalue weighted by Crippen LogP contribution is -2.46. The van der Waals surface area contributed by atoms with Crippen molar-refractivity contribution in [3.05, 3.63) is 72.9 Å². The summed E-state index contributed by atoms with van der Waals surface area (Å²) in [5.74, 6) is -0.533. The number of ether oxygens (including phenoxy) is 1. The van der Waals surface area contributed by atoms with Crippen LogP contribution in [0.4, 0.5) is 0 Å². The summed E-state index contributed by atoms with van der Waals surface area (Å²) in [5.41, 5.74) is 0. The Morgan fingerprint density at radius 1 is 0.500 bits per heavy atom. The lowest BCUT2D eigenvalue weighted by atomic mass is 10.0. The maximum absolute atomic E-state index is 13.2. The molecule has 60 heavy (non-hydrogen) atoms. The lowest BCUT2D eigenvalue weighted by molar-refractivity contribution is -0.151. The van der Waals surface area contributed by atoms with Crippen molar-refractivity contribution in [2.45, 2.75) is 251 Å². The predicted octanol–water partition coefficient (Wildman–Crippen LogP) is 15.0. The number of unbranched alkanes of at least 4 members (excludes halogenated alkanes) is 24. The quantitative estimate of drug-likeness (QED) is 0.0246. The van der Waals surface area contributed by atoms with E-state index in [2.05, 4.69) is 56.5 Å². The molecular formula is C54H95NO5. The highest BCUT2D eigenvalue weighted by molar-refractivity contribution is 5.77. The van der Waals surface area contributed by atoms with Crippen LogP contribution in [-0.4, -0.2) is 46.9 Å². The van der Waals surface area contributed by atoms with Gasteiger partial charge in [0.15, 0.2) is 0 Å². The van der Waals surface area contributed by atoms with Crippen molar-refractivity contribution >= 4 is 11.9 Å². The van der Waals surface area contributed by atoms with E-state index < -0.39 is 18.2 Å². The number of amides is 1. The molecule has 0 bridgehead atoms. The highest BCUT2D eigenvalue weighted by Crippen LogP contribution is 2.17. The summed E-state index contributed by atoms with van der Waals surface area (Å²) in [6.45, 7) is 6.31. The van der Waals surface area contributed by atoms with Crippen LogP contribution in [-0.2, 0) is 14.3 Å². The van der Waals surface area contributed by atoms with Crippen molar-refractivity contribution in [3.63, 3.8) is 0 Å². The van der Waals surface area contributed by atoms with Crippen molar-refractivity contribution in [1.29, 1.82) is 0 Å². The van der Waals surface area contributed by atoms with Crippen LogP contribution >= 0.6 is 0 Å². The molecule has 0 radical (unpaired) electrons. The van der Waals surface area contributed by atoms with Gasteiger partial charge in [-0.05, 0) is 70.6 Å². The van der Waals surface area contributed by atoms with Crippen LogP contribution in [0.15, 0.2) is 72.9 Å². The zero-order chi connectivity index (χ0) is 43.8. The number of aliphatic hydroxyl groups is 2. The standard InChI is InChI=1S/C54H95NO5/c1-4-7-10-13-16-19-22-25-26-29-32-35-38-41-44-47-54(59)60-50(45-42-39-36-33-30-27-23-20-17-14-11-8-5-2)48-53(58)55-51(49-56)52(57)46-43-40-37-34-31-28-24-21-18-15-12-9-6-3/h7,10,13,16,19-20,22-23,25-26,29,32,50-52,56-57H,4-6,8-9,11-12,14-15,17-18,21,24,27-28,30-31,33-49H2,1-3H3,(H,55,58)/b10-7+,16-13+,22-19-,23-20-,26-25-,32-29+. The summed E-state index contributed by atoms with van der Waals surface area (Å²) in [5, 5.41) is 23.7. The first kappa shape index (κ1) is 57.3. The monoisotopic (exact) mass is 838 g/mol. The molecule has 346 valence electrons. The first-order valence-corrected chi connectivity index (χ1v) is 25.2. The minimum absolute atomic E-state index is 0.0520. The second-order valence-electron chi connectivity index (χ2n) is 17.0. The molecule has 0 heterocycles. The second-order valence-corrected chi connectivity index (χ2v) is 17.0. The molecule has 0 aliphatic rings. The Morgan fingerprint density at radius 2 is 0.917 bits per heavy atom. The van der Waals surface area contributed by atoms with Crippen LogP contribution in [0.2, 0.25) is 0 Å². The molecular weight excluding hydrogens is 743 g/mol. The number of rotatable bonds is 44. The van der Waals surface area contributed by atoms with E-state index in [0.717, 1.165) is 77.0 Å². The van der Waals surface area contributed by atoms with Crippen LogP contribution < -0.4 is 5.32 Å². The van der Waals surface area contributed by atoms with Gasteiger partial charge in [0, 0.05) is 6.42 Å². The molecule has 0 saturated carbocycles. The number of hydrogen-bond donors (Lipinski definition) is 3. The molecule has 0 spiro atoms. The maximum Gasteiger partial charge on any atom is 0.306 e. The predicted molar refractivity (Wildman–Crippen MR) is 259 cm³/mol. The third-order valence-electron chi connectivity index (χ3n) is 11.1. The summed E-state index contributed by atoms with van der Waals surface area (Å²) >= 11 is 0. The van der Waals surface area contributed by atoms with E-state index in [4.69, 9.17) is 4.74 Å². The molecule has 3 atom stereocenters. The van der Waals surface area contributed by atoms with Gasteiger partial charge in [-0.15, -0.1) is 0 Å². The maximum atomic E-state index is 13.2. The Bertz CT molecular complexity index is 1120. The van der Waals surface area contributed by atoms with E-state index in [-0.39, 0.29) is 24.9 Å². The zero-order valence-electron chi connectivity index (χ0n) is 39.3. The van der Waals surface area contributed by atoms with Gasteiger partial charge in [0.1, 0.15) is 6.10 Å². The molecule has 6 nitrogen and oxygen atoms in total. The van der Waals surface area contributed by atoms with Gasteiger partial charge in [-0.1, -0.05) is 222 Å². The van der Waals surface area contributed by atoms with Gasteiger partial charge >= 0.3 is 5.97 Å². The Labute approximate surface area is 371 Å². The van der Waals surface area contributed by atoms with Crippen molar-refractivity contribution in [3.8, 4) is 0 Å². The highest BCUT2D eigenvalue weighted by atomic mass is 16.5. The van der Waals surface area contributed by atoms with Crippen LogP contribution in [0.1, 0.15) is 233 Å². The number of nitrogens with one attached hydrogen (secondary N) is 1. The van der Waals surface area contributed by atoms with E-state index in [1.54, 1.807) is 0 Å². The van der Waals surface area contributed by atoms with E-state index in [1.807, 2.05) is 42.5 Å². The summed E-state index contributed by atoms with van der Waals surface area (Å²) in [4.78, 5) is 26.1. The van der Waals surface area contributed by atoms with E-state index in [0.29, 0.717) is 19.3 Å². The first-order valence-electron chi connectivity index (χ1n) is 25.2. The van der Waals surface area contributed by atoms with Gasteiger partial charge in [0.05, 0.1) is 25.2 Å². The first-order chi connectivity index (χ1) is 29.5. The Kier molecular flexibility index (Phi) is 45.2. The highest BCUT2D eigenvalue weighted by Gasteiger charge is 2.24. The van der Waals surface area contributed by atoms with E-state index in [1.165, 1.54) is 109 Å². The van der Waals surface area contributed by atoms with Crippen LogP contribution in [0.25, 0.3) is 0 Å². The fraction of sp³-hybridized carbons (Fsp3) is 0.741. The SMILES string of the molecule is CC/C=C/C=C/C=C\C=C/C=C/CCCCCC(=O)OC(CCCCCCC/C=C\CCCCCC)CC(=O)NC(CO)C(O)CCCCCCCCCCCCCCC. The molecule has 0 fully saturated rings. The number of esters is 1. The number of carbonyl (C=O) groups is 2. The molecule has 6 heteroatoms. The van der Waals surface area contributed by atoms with E-state index >= 15 is 0 Å². The fourth-order valence-electron chi connectivity index (χ4n) is 7.33. The van der Waals surface area contributed by atoms with Crippen molar-refractivity contribution < 1.29 is 24.5 Å². The average Bonchev–Trinajstić information content (AvgIpc) is 3.24. The minimum Gasteiger partial charge on any atom is -0.462 e. The third-order valence-corrected chi connectivity index (χ3v) is 11.1. The molecule has 0 aliphatic carbocycles. The van der Waals surface area contributed by atoms with Crippen molar-refractivity contribution in [1.82, 2.24) is 5.32 Å². The average molecular weight is 838 g/mol. The fourth-order valence-corrected chi connectivity index (χ4v) is 7.33. The normalized spacial score (nSPS) is 13.9. The topological polar surface area (TPSA) is 95.9 Å². The Balaban J connectivity index is 4.67. The Hall–Kier alpha value is -2.70. The van der Waals surface area contributed by atoms with Gasteiger partial charge in [-0.25, -0.2) is 0 Å². The molecule has 0 rings (SSSR count). The number of aliphatic hydroxyl groups excluding tert-OH is 2. The van der Waals surface area contributed by atoms with Gasteiger partial charge in [0.25, 0.3) is 0 Å². The van der Waals surface area contributed by atoms with Gasteiger partial charge < -0.3 is 20.3 Å². The molecule has 0 aromatic heterocycles. The van der Waals surface area contributed by atoms with Gasteiger partial charge in [-0.3, -0.25) is 9.59 Å². The van der Waals surface area contributed by atoms with Gasteiger partial charge in [0.2, 0.25) is 5.91 Å². The van der Waals surface area contributed by atoms with Crippen LogP contribution in [0.3, 0.4) is 0 Å². The van der Waals surface area contributed by atoms with Crippen molar-refractivity contribution in [2.24, 2.45) is 0 Å². The van der Waals surface area contributed by atoms with E-state index in [9.17, 15) is 19.8 Å². The summed E-state index contributed by atoms with van der Waals surface area (Å²) in [7, 11) is 0.